The van der Waals surface area contributed by atoms with Crippen molar-refractivity contribution in [3.8, 4) is 5.75 Å². The summed E-state index contributed by atoms with van der Waals surface area (Å²) in [5.41, 5.74) is 2.23. The van der Waals surface area contributed by atoms with Crippen LogP contribution in [0.25, 0.3) is 0 Å². The van der Waals surface area contributed by atoms with E-state index in [4.69, 9.17) is 9.15 Å². The normalized spacial score (nSPS) is 15.1. The van der Waals surface area contributed by atoms with Crippen molar-refractivity contribution in [2.24, 2.45) is 0 Å². The first-order valence-corrected chi connectivity index (χ1v) is 10.2. The van der Waals surface area contributed by atoms with Crippen molar-refractivity contribution in [1.29, 1.82) is 0 Å². The maximum Gasteiger partial charge on any atom is 0.236 e. The summed E-state index contributed by atoms with van der Waals surface area (Å²) < 4.78 is 10.8. The highest BCUT2D eigenvalue weighted by Gasteiger charge is 2.23. The Bertz CT molecular complexity index is 918. The molecule has 2 aromatic carbocycles. The summed E-state index contributed by atoms with van der Waals surface area (Å²) in [6, 6.07) is 21.8. The smallest absolute Gasteiger partial charge is 0.236 e. The molecule has 2 heterocycles. The van der Waals surface area contributed by atoms with E-state index in [1.54, 1.807) is 13.4 Å². The van der Waals surface area contributed by atoms with E-state index in [9.17, 15) is 4.79 Å². The number of anilines is 1. The Balaban J connectivity index is 1.33. The Hall–Kier alpha value is -3.25. The molecule has 1 saturated heterocycles. The second-order valence-corrected chi connectivity index (χ2v) is 7.31. The second-order valence-electron chi connectivity index (χ2n) is 7.31. The third-order valence-corrected chi connectivity index (χ3v) is 5.49. The van der Waals surface area contributed by atoms with E-state index in [0.29, 0.717) is 13.1 Å². The summed E-state index contributed by atoms with van der Waals surface area (Å²) in [6.45, 7) is 3.33. The van der Waals surface area contributed by atoms with Gasteiger partial charge in [-0.3, -0.25) is 10.1 Å². The quantitative estimate of drug-likeness (QED) is 0.654. The van der Waals surface area contributed by atoms with Gasteiger partial charge in [-0.1, -0.05) is 30.3 Å². The Morgan fingerprint density at radius 2 is 1.73 bits per heavy atom. The highest BCUT2D eigenvalue weighted by atomic mass is 16.5. The number of piperazine rings is 1. The number of nitrogens with one attached hydrogen (secondary N) is 1. The zero-order chi connectivity index (χ0) is 20.8. The molecular weight excluding hydrogens is 378 g/mol. The van der Waals surface area contributed by atoms with Gasteiger partial charge in [0.05, 0.1) is 26.0 Å². The first-order chi connectivity index (χ1) is 14.7. The van der Waals surface area contributed by atoms with Crippen LogP contribution in [0, 0.1) is 0 Å². The Labute approximate surface area is 177 Å². The van der Waals surface area contributed by atoms with Crippen LogP contribution in [0.1, 0.15) is 17.4 Å². The molecule has 0 bridgehead atoms. The van der Waals surface area contributed by atoms with Crippen LogP contribution in [-0.4, -0.2) is 50.6 Å². The highest BCUT2D eigenvalue weighted by molar-refractivity contribution is 5.78. The van der Waals surface area contributed by atoms with Crippen LogP contribution in [0.5, 0.6) is 5.75 Å². The van der Waals surface area contributed by atoms with Gasteiger partial charge in [0.15, 0.2) is 0 Å². The monoisotopic (exact) mass is 405 g/mol. The molecule has 0 aliphatic carbocycles. The molecule has 3 aromatic rings. The number of hydrogen-bond acceptors (Lipinski definition) is 5. The number of hydrogen-bond donors (Lipinski definition) is 1. The molecule has 4 rings (SSSR count). The summed E-state index contributed by atoms with van der Waals surface area (Å²) in [4.78, 5) is 17.1. The molecule has 1 N–H and O–H groups in total. The molecule has 1 aromatic heterocycles. The maximum atomic E-state index is 12.8. The summed E-state index contributed by atoms with van der Waals surface area (Å²) in [5.74, 6) is 1.76. The third-order valence-electron chi connectivity index (χ3n) is 5.49. The molecule has 156 valence electrons. The lowest BCUT2D eigenvalue weighted by Gasteiger charge is -2.36. The van der Waals surface area contributed by atoms with Gasteiger partial charge in [-0.05, 0) is 42.0 Å². The standard InChI is InChI=1S/C24H27N3O3/c1-29-21-11-9-20(10-12-21)26-13-15-27(16-14-26)23(28)18-25-24(22-8-5-17-30-22)19-6-3-2-4-7-19/h2-12,17,24-25H,13-16,18H2,1H3/t24-/m1/s1. The van der Waals surface area contributed by atoms with Crippen molar-refractivity contribution in [2.75, 3.05) is 44.7 Å². The third kappa shape index (κ3) is 4.66. The Kier molecular flexibility index (Phi) is 6.35. The molecule has 1 amide bonds. The largest absolute Gasteiger partial charge is 0.497 e. The molecule has 0 unspecified atom stereocenters. The van der Waals surface area contributed by atoms with Crippen molar-refractivity contribution < 1.29 is 13.9 Å². The number of carbonyl (C=O) groups excluding carboxylic acids is 1. The zero-order valence-corrected chi connectivity index (χ0v) is 17.2. The van der Waals surface area contributed by atoms with Crippen LogP contribution < -0.4 is 15.0 Å². The predicted octanol–water partition coefficient (Wildman–Crippen LogP) is 3.32. The van der Waals surface area contributed by atoms with E-state index in [1.165, 1.54) is 0 Å². The maximum absolute atomic E-state index is 12.8. The lowest BCUT2D eigenvalue weighted by Crippen LogP contribution is -2.51. The zero-order valence-electron chi connectivity index (χ0n) is 17.2. The number of benzene rings is 2. The van der Waals surface area contributed by atoms with Gasteiger partial charge in [-0.15, -0.1) is 0 Å². The molecule has 1 fully saturated rings. The fraction of sp³-hybridized carbons (Fsp3) is 0.292. The second kappa shape index (κ2) is 9.50. The van der Waals surface area contributed by atoms with Crippen LogP contribution in [0.2, 0.25) is 0 Å². The molecular formula is C24H27N3O3. The lowest BCUT2D eigenvalue weighted by molar-refractivity contribution is -0.130. The van der Waals surface area contributed by atoms with Crippen LogP contribution in [0.15, 0.2) is 77.4 Å². The number of methoxy groups -OCH3 is 1. The van der Waals surface area contributed by atoms with Gasteiger partial charge in [0.25, 0.3) is 0 Å². The molecule has 1 aliphatic rings. The molecule has 30 heavy (non-hydrogen) atoms. The number of rotatable bonds is 7. The molecule has 6 nitrogen and oxygen atoms in total. The molecule has 1 aliphatic heterocycles. The van der Waals surface area contributed by atoms with Crippen molar-refractivity contribution in [3.05, 3.63) is 84.3 Å². The highest BCUT2D eigenvalue weighted by Crippen LogP contribution is 2.23. The van der Waals surface area contributed by atoms with E-state index in [-0.39, 0.29) is 18.5 Å². The van der Waals surface area contributed by atoms with E-state index in [0.717, 1.165) is 35.9 Å². The van der Waals surface area contributed by atoms with Gasteiger partial charge in [-0.25, -0.2) is 0 Å². The lowest BCUT2D eigenvalue weighted by atomic mass is 10.0. The van der Waals surface area contributed by atoms with Crippen LogP contribution in [0.4, 0.5) is 5.69 Å². The Morgan fingerprint density at radius 3 is 2.37 bits per heavy atom. The van der Waals surface area contributed by atoms with Crippen molar-refractivity contribution in [2.45, 2.75) is 6.04 Å². The minimum atomic E-state index is -0.147. The van der Waals surface area contributed by atoms with Gasteiger partial charge < -0.3 is 19.0 Å². The summed E-state index contributed by atoms with van der Waals surface area (Å²) in [5, 5.41) is 3.38. The van der Waals surface area contributed by atoms with E-state index >= 15 is 0 Å². The van der Waals surface area contributed by atoms with Gasteiger partial charge in [-0.2, -0.15) is 0 Å². The molecule has 0 spiro atoms. The fourth-order valence-corrected chi connectivity index (χ4v) is 3.79. The predicted molar refractivity (Wildman–Crippen MR) is 117 cm³/mol. The molecule has 0 radical (unpaired) electrons. The number of furan rings is 1. The van der Waals surface area contributed by atoms with Gasteiger partial charge >= 0.3 is 0 Å². The van der Waals surface area contributed by atoms with Crippen LogP contribution in [-0.2, 0) is 4.79 Å². The van der Waals surface area contributed by atoms with Gasteiger partial charge in [0.2, 0.25) is 5.91 Å². The van der Waals surface area contributed by atoms with Crippen molar-refractivity contribution in [1.82, 2.24) is 10.2 Å². The van der Waals surface area contributed by atoms with Crippen LogP contribution in [0.3, 0.4) is 0 Å². The van der Waals surface area contributed by atoms with E-state index in [1.807, 2.05) is 59.5 Å². The molecule has 6 heteroatoms. The topological polar surface area (TPSA) is 58.0 Å². The average molecular weight is 405 g/mol. The summed E-state index contributed by atoms with van der Waals surface area (Å²) >= 11 is 0. The van der Waals surface area contributed by atoms with Gasteiger partial charge in [0.1, 0.15) is 11.5 Å². The minimum Gasteiger partial charge on any atom is -0.497 e. The first kappa shape index (κ1) is 20.0. The Morgan fingerprint density at radius 1 is 1.00 bits per heavy atom. The average Bonchev–Trinajstić information content (AvgIpc) is 3.35. The molecule has 0 saturated carbocycles. The summed E-state index contributed by atoms with van der Waals surface area (Å²) in [7, 11) is 1.67. The van der Waals surface area contributed by atoms with E-state index < -0.39 is 0 Å². The number of amides is 1. The molecule has 1 atom stereocenters. The minimum absolute atomic E-state index is 0.108. The number of carbonyl (C=O) groups is 1. The SMILES string of the molecule is COc1ccc(N2CCN(C(=O)CN[C@H](c3ccccc3)c3ccco3)CC2)cc1. The van der Waals surface area contributed by atoms with Crippen molar-refractivity contribution in [3.63, 3.8) is 0 Å². The van der Waals surface area contributed by atoms with E-state index in [2.05, 4.69) is 22.3 Å². The number of ether oxygens (including phenoxy) is 1. The first-order valence-electron chi connectivity index (χ1n) is 10.2. The fourth-order valence-electron chi connectivity index (χ4n) is 3.79. The summed E-state index contributed by atoms with van der Waals surface area (Å²) in [6.07, 6.45) is 1.66. The van der Waals surface area contributed by atoms with Crippen molar-refractivity contribution >= 4 is 11.6 Å². The van der Waals surface area contributed by atoms with Crippen LogP contribution >= 0.6 is 0 Å². The van der Waals surface area contributed by atoms with Gasteiger partial charge in [0, 0.05) is 31.9 Å². The number of nitrogens with zero attached hydrogens (tertiary/aromatic N) is 2.